The number of ether oxygens (including phenoxy) is 1. The van der Waals surface area contributed by atoms with Crippen molar-refractivity contribution in [3.8, 4) is 5.75 Å². The third-order valence-electron chi connectivity index (χ3n) is 3.99. The Kier molecular flexibility index (Phi) is 4.88. The number of carbonyl (C=O) groups is 1. The van der Waals surface area contributed by atoms with E-state index in [9.17, 15) is 9.90 Å². The van der Waals surface area contributed by atoms with E-state index in [0.717, 1.165) is 37.9 Å². The van der Waals surface area contributed by atoms with Gasteiger partial charge in [-0.15, -0.1) is 0 Å². The van der Waals surface area contributed by atoms with Crippen LogP contribution in [0.5, 0.6) is 5.75 Å². The number of carboxylic acids is 1. The quantitative estimate of drug-likeness (QED) is 0.894. The first kappa shape index (κ1) is 14.7. The summed E-state index contributed by atoms with van der Waals surface area (Å²) in [6, 6.07) is 5.66. The fraction of sp³-hybridized carbons (Fsp3) is 0.562. The minimum absolute atomic E-state index is 0.369. The highest BCUT2D eigenvalue weighted by atomic mass is 16.5. The zero-order valence-electron chi connectivity index (χ0n) is 12.3. The summed E-state index contributed by atoms with van der Waals surface area (Å²) in [6.45, 7) is 3.11. The lowest BCUT2D eigenvalue weighted by Gasteiger charge is -2.38. The molecule has 1 N–H and O–H groups in total. The van der Waals surface area contributed by atoms with Crippen molar-refractivity contribution in [1.29, 1.82) is 0 Å². The first-order valence-electron chi connectivity index (χ1n) is 7.35. The molecule has 0 saturated carbocycles. The second-order valence-corrected chi connectivity index (χ2v) is 5.32. The molecule has 4 heteroatoms. The Bertz CT molecular complexity index is 471. The van der Waals surface area contributed by atoms with E-state index in [1.165, 1.54) is 6.42 Å². The lowest BCUT2D eigenvalue weighted by Crippen LogP contribution is -2.40. The Balaban J connectivity index is 2.39. The van der Waals surface area contributed by atoms with Crippen LogP contribution in [-0.4, -0.2) is 30.8 Å². The summed E-state index contributed by atoms with van der Waals surface area (Å²) in [5.74, 6) is -0.158. The summed E-state index contributed by atoms with van der Waals surface area (Å²) in [6.07, 6.45) is 5.72. The van der Waals surface area contributed by atoms with Crippen molar-refractivity contribution in [1.82, 2.24) is 0 Å². The molecule has 0 amide bonds. The van der Waals surface area contributed by atoms with Gasteiger partial charge in [-0.05, 0) is 37.8 Å². The Morgan fingerprint density at radius 3 is 2.90 bits per heavy atom. The van der Waals surface area contributed by atoms with Crippen molar-refractivity contribution in [2.24, 2.45) is 0 Å². The third kappa shape index (κ3) is 3.06. The summed E-state index contributed by atoms with van der Waals surface area (Å²) in [5.41, 5.74) is 1.17. The van der Waals surface area contributed by atoms with Crippen molar-refractivity contribution in [2.75, 3.05) is 18.6 Å². The van der Waals surface area contributed by atoms with E-state index < -0.39 is 5.97 Å². The Labute approximate surface area is 120 Å². The maximum Gasteiger partial charge on any atom is 0.337 e. The molecule has 1 saturated heterocycles. The lowest BCUT2D eigenvalue weighted by atomic mass is 9.96. The maximum absolute atomic E-state index is 11.5. The van der Waals surface area contributed by atoms with E-state index in [1.54, 1.807) is 19.2 Å². The molecular formula is C16H23NO3. The molecule has 0 radical (unpaired) electrons. The van der Waals surface area contributed by atoms with Crippen LogP contribution < -0.4 is 9.64 Å². The molecule has 20 heavy (non-hydrogen) atoms. The minimum Gasteiger partial charge on any atom is -0.497 e. The Morgan fingerprint density at radius 1 is 1.45 bits per heavy atom. The predicted octanol–water partition coefficient (Wildman–Crippen LogP) is 3.55. The molecule has 0 aromatic heterocycles. The van der Waals surface area contributed by atoms with E-state index in [2.05, 4.69) is 11.8 Å². The molecule has 1 heterocycles. The molecule has 0 spiro atoms. The number of nitrogens with zero attached hydrogens (tertiary/aromatic N) is 1. The normalized spacial score (nSPS) is 18.9. The van der Waals surface area contributed by atoms with Gasteiger partial charge in [0.1, 0.15) is 5.75 Å². The van der Waals surface area contributed by atoms with Crippen LogP contribution in [0.2, 0.25) is 0 Å². The van der Waals surface area contributed by atoms with Crippen molar-refractivity contribution in [2.45, 2.75) is 45.1 Å². The van der Waals surface area contributed by atoms with Crippen LogP contribution in [-0.2, 0) is 0 Å². The first-order valence-corrected chi connectivity index (χ1v) is 7.35. The fourth-order valence-electron chi connectivity index (χ4n) is 3.01. The average Bonchev–Trinajstić information content (AvgIpc) is 2.47. The number of hydrogen-bond acceptors (Lipinski definition) is 3. The van der Waals surface area contributed by atoms with Gasteiger partial charge in [0.15, 0.2) is 0 Å². The molecule has 1 fully saturated rings. The van der Waals surface area contributed by atoms with Gasteiger partial charge in [0, 0.05) is 18.7 Å². The molecule has 1 aromatic rings. The smallest absolute Gasteiger partial charge is 0.337 e. The van der Waals surface area contributed by atoms with Crippen molar-refractivity contribution in [3.05, 3.63) is 23.8 Å². The number of rotatable bonds is 5. The number of anilines is 1. The number of methoxy groups -OCH3 is 1. The van der Waals surface area contributed by atoms with E-state index >= 15 is 0 Å². The largest absolute Gasteiger partial charge is 0.497 e. The molecule has 0 aliphatic carbocycles. The van der Waals surface area contributed by atoms with Gasteiger partial charge in [0.05, 0.1) is 18.4 Å². The molecule has 4 nitrogen and oxygen atoms in total. The zero-order chi connectivity index (χ0) is 14.5. The summed E-state index contributed by atoms with van der Waals surface area (Å²) in [7, 11) is 1.61. The van der Waals surface area contributed by atoms with Gasteiger partial charge in [-0.2, -0.15) is 0 Å². The second-order valence-electron chi connectivity index (χ2n) is 5.32. The van der Waals surface area contributed by atoms with Crippen molar-refractivity contribution in [3.63, 3.8) is 0 Å². The molecule has 2 rings (SSSR count). The number of hydrogen-bond donors (Lipinski definition) is 1. The zero-order valence-corrected chi connectivity index (χ0v) is 12.3. The second kappa shape index (κ2) is 6.64. The molecule has 1 aliphatic rings. The van der Waals surface area contributed by atoms with E-state index in [1.807, 2.05) is 6.07 Å². The third-order valence-corrected chi connectivity index (χ3v) is 3.99. The molecular weight excluding hydrogens is 254 g/mol. The summed E-state index contributed by atoms with van der Waals surface area (Å²) < 4.78 is 5.26. The molecule has 0 bridgehead atoms. The summed E-state index contributed by atoms with van der Waals surface area (Å²) in [5, 5.41) is 9.41. The van der Waals surface area contributed by atoms with Crippen molar-refractivity contribution >= 4 is 11.7 Å². The minimum atomic E-state index is -0.872. The SMILES string of the molecule is CCCC1CCCCN1c1cc(OC)ccc1C(=O)O. The van der Waals surface area contributed by atoms with Gasteiger partial charge >= 0.3 is 5.97 Å². The summed E-state index contributed by atoms with van der Waals surface area (Å²) >= 11 is 0. The average molecular weight is 277 g/mol. The number of carboxylic acid groups (broad SMARTS) is 1. The van der Waals surface area contributed by atoms with Gasteiger partial charge in [0.25, 0.3) is 0 Å². The van der Waals surface area contributed by atoms with Crippen molar-refractivity contribution < 1.29 is 14.6 Å². The van der Waals surface area contributed by atoms with Crippen LogP contribution in [0, 0.1) is 0 Å². The molecule has 1 aliphatic heterocycles. The van der Waals surface area contributed by atoms with Gasteiger partial charge in [-0.1, -0.05) is 13.3 Å². The van der Waals surface area contributed by atoms with Crippen LogP contribution >= 0.6 is 0 Å². The van der Waals surface area contributed by atoms with Crippen LogP contribution in [0.3, 0.4) is 0 Å². The predicted molar refractivity (Wildman–Crippen MR) is 79.8 cm³/mol. The Morgan fingerprint density at radius 2 is 2.25 bits per heavy atom. The van der Waals surface area contributed by atoms with E-state index in [-0.39, 0.29) is 0 Å². The van der Waals surface area contributed by atoms with Crippen LogP contribution in [0.1, 0.15) is 49.4 Å². The fourth-order valence-corrected chi connectivity index (χ4v) is 3.01. The summed E-state index contributed by atoms with van der Waals surface area (Å²) in [4.78, 5) is 13.7. The highest BCUT2D eigenvalue weighted by Crippen LogP contribution is 2.32. The lowest BCUT2D eigenvalue weighted by molar-refractivity contribution is 0.0697. The van der Waals surface area contributed by atoms with E-state index in [0.29, 0.717) is 17.4 Å². The van der Waals surface area contributed by atoms with Gasteiger partial charge in [0.2, 0.25) is 0 Å². The highest BCUT2D eigenvalue weighted by molar-refractivity contribution is 5.95. The first-order chi connectivity index (χ1) is 9.67. The molecule has 1 aromatic carbocycles. The van der Waals surface area contributed by atoms with Crippen LogP contribution in [0.25, 0.3) is 0 Å². The molecule has 1 unspecified atom stereocenters. The standard InChI is InChI=1S/C16H23NO3/c1-3-6-12-7-4-5-10-17(12)15-11-13(20-2)8-9-14(15)16(18)19/h8-9,11-12H,3-7,10H2,1-2H3,(H,18,19). The monoisotopic (exact) mass is 277 g/mol. The van der Waals surface area contributed by atoms with Crippen LogP contribution in [0.4, 0.5) is 5.69 Å². The topological polar surface area (TPSA) is 49.8 Å². The molecule has 110 valence electrons. The van der Waals surface area contributed by atoms with Gasteiger partial charge in [-0.3, -0.25) is 0 Å². The molecule has 1 atom stereocenters. The number of piperidine rings is 1. The number of aromatic carboxylic acids is 1. The highest BCUT2D eigenvalue weighted by Gasteiger charge is 2.25. The van der Waals surface area contributed by atoms with Gasteiger partial charge in [-0.25, -0.2) is 4.79 Å². The van der Waals surface area contributed by atoms with Gasteiger partial charge < -0.3 is 14.7 Å². The Hall–Kier alpha value is -1.71. The van der Waals surface area contributed by atoms with E-state index in [4.69, 9.17) is 4.74 Å². The number of benzene rings is 1. The van der Waals surface area contributed by atoms with Crippen LogP contribution in [0.15, 0.2) is 18.2 Å². The maximum atomic E-state index is 11.5.